The van der Waals surface area contributed by atoms with Crippen molar-refractivity contribution in [1.82, 2.24) is 15.2 Å². The van der Waals surface area contributed by atoms with E-state index in [4.69, 9.17) is 0 Å². The van der Waals surface area contributed by atoms with E-state index >= 15 is 0 Å². The molecule has 2 saturated heterocycles. The van der Waals surface area contributed by atoms with Crippen LogP contribution in [-0.4, -0.2) is 55.2 Å². The standard InChI is InChI=1S/C15H22BrN5O/c1-20(2)13-7-14(18-9-12(13)16)19-15(22)21-10-3-4-11(21)8-17-6-5-10/h7,9-11,17H,3-6,8H2,1-2H3,(H,18,19,22). The Kier molecular flexibility index (Phi) is 4.54. The predicted molar refractivity (Wildman–Crippen MR) is 91.4 cm³/mol. The van der Waals surface area contributed by atoms with Gasteiger partial charge in [-0.3, -0.25) is 5.32 Å². The Hall–Kier alpha value is -1.34. The summed E-state index contributed by atoms with van der Waals surface area (Å²) >= 11 is 3.48. The number of hydrogen-bond acceptors (Lipinski definition) is 4. The van der Waals surface area contributed by atoms with Gasteiger partial charge in [0, 0.05) is 45.0 Å². The monoisotopic (exact) mass is 367 g/mol. The molecule has 7 heteroatoms. The van der Waals surface area contributed by atoms with Gasteiger partial charge < -0.3 is 15.1 Å². The number of hydrogen-bond donors (Lipinski definition) is 2. The number of aromatic nitrogens is 1. The maximum Gasteiger partial charge on any atom is 0.323 e. The Balaban J connectivity index is 1.75. The molecule has 0 saturated carbocycles. The Morgan fingerprint density at radius 3 is 2.95 bits per heavy atom. The van der Waals surface area contributed by atoms with Crippen LogP contribution in [0.4, 0.5) is 16.3 Å². The summed E-state index contributed by atoms with van der Waals surface area (Å²) < 4.78 is 0.912. The molecule has 0 aromatic carbocycles. The van der Waals surface area contributed by atoms with Gasteiger partial charge in [-0.05, 0) is 41.7 Å². The molecule has 6 nitrogen and oxygen atoms in total. The van der Waals surface area contributed by atoms with Crippen molar-refractivity contribution >= 4 is 33.5 Å². The Bertz CT molecular complexity index is 551. The van der Waals surface area contributed by atoms with Crippen molar-refractivity contribution < 1.29 is 4.79 Å². The van der Waals surface area contributed by atoms with Gasteiger partial charge in [0.2, 0.25) is 0 Å². The van der Waals surface area contributed by atoms with Gasteiger partial charge in [0.15, 0.2) is 0 Å². The summed E-state index contributed by atoms with van der Waals surface area (Å²) in [6.45, 7) is 1.88. The molecule has 0 aliphatic carbocycles. The number of carbonyl (C=O) groups is 1. The lowest BCUT2D eigenvalue weighted by Crippen LogP contribution is -2.45. The number of nitrogens with one attached hydrogen (secondary N) is 2. The van der Waals surface area contributed by atoms with E-state index in [0.717, 1.165) is 42.5 Å². The summed E-state index contributed by atoms with van der Waals surface area (Å²) in [6, 6.07) is 2.51. The lowest BCUT2D eigenvalue weighted by atomic mass is 10.1. The fourth-order valence-corrected chi connectivity index (χ4v) is 3.90. The van der Waals surface area contributed by atoms with E-state index in [1.54, 1.807) is 6.20 Å². The summed E-state index contributed by atoms with van der Waals surface area (Å²) in [6.07, 6.45) is 4.95. The van der Waals surface area contributed by atoms with Crippen LogP contribution in [0.15, 0.2) is 16.7 Å². The second-order valence-electron chi connectivity index (χ2n) is 6.13. The number of anilines is 2. The van der Waals surface area contributed by atoms with Crippen LogP contribution in [0.2, 0.25) is 0 Å². The molecule has 0 spiro atoms. The molecule has 2 fully saturated rings. The van der Waals surface area contributed by atoms with Gasteiger partial charge in [-0.25, -0.2) is 9.78 Å². The first-order chi connectivity index (χ1) is 10.6. The SMILES string of the molecule is CN(C)c1cc(NC(=O)N2C3CCNCC2CC3)ncc1Br. The minimum absolute atomic E-state index is 0.0317. The highest BCUT2D eigenvalue weighted by atomic mass is 79.9. The van der Waals surface area contributed by atoms with Crippen LogP contribution >= 0.6 is 15.9 Å². The molecule has 2 bridgehead atoms. The molecular weight excluding hydrogens is 346 g/mol. The molecule has 1 aromatic heterocycles. The number of pyridine rings is 1. The molecule has 22 heavy (non-hydrogen) atoms. The quantitative estimate of drug-likeness (QED) is 0.841. The second kappa shape index (κ2) is 6.42. The molecule has 3 heterocycles. The van der Waals surface area contributed by atoms with E-state index in [1.165, 1.54) is 0 Å². The fraction of sp³-hybridized carbons (Fsp3) is 0.600. The van der Waals surface area contributed by atoms with Crippen molar-refractivity contribution in [1.29, 1.82) is 0 Å². The van der Waals surface area contributed by atoms with E-state index in [2.05, 4.69) is 31.5 Å². The number of carbonyl (C=O) groups excluding carboxylic acids is 1. The minimum atomic E-state index is -0.0317. The zero-order valence-electron chi connectivity index (χ0n) is 13.0. The third-order valence-electron chi connectivity index (χ3n) is 4.44. The first-order valence-corrected chi connectivity index (χ1v) is 8.48. The van der Waals surface area contributed by atoms with E-state index in [0.29, 0.717) is 17.9 Å². The summed E-state index contributed by atoms with van der Waals surface area (Å²) in [4.78, 5) is 21.0. The van der Waals surface area contributed by atoms with Gasteiger partial charge in [-0.1, -0.05) is 0 Å². The van der Waals surface area contributed by atoms with Crippen LogP contribution in [0.3, 0.4) is 0 Å². The minimum Gasteiger partial charge on any atom is -0.377 e. The molecule has 2 N–H and O–H groups in total. The first-order valence-electron chi connectivity index (χ1n) is 7.69. The first kappa shape index (κ1) is 15.6. The molecular formula is C15H22BrN5O. The maximum absolute atomic E-state index is 12.7. The number of nitrogens with zero attached hydrogens (tertiary/aromatic N) is 3. The molecule has 3 rings (SSSR count). The maximum atomic E-state index is 12.7. The molecule has 2 atom stereocenters. The van der Waals surface area contributed by atoms with Crippen LogP contribution in [0.5, 0.6) is 0 Å². The van der Waals surface area contributed by atoms with Crippen LogP contribution in [0, 0.1) is 0 Å². The summed E-state index contributed by atoms with van der Waals surface area (Å²) in [5.41, 5.74) is 0.991. The van der Waals surface area contributed by atoms with Crippen LogP contribution in [0.25, 0.3) is 0 Å². The Labute approximate surface area is 139 Å². The summed E-state index contributed by atoms with van der Waals surface area (Å²) in [7, 11) is 3.93. The lowest BCUT2D eigenvalue weighted by Gasteiger charge is -2.28. The van der Waals surface area contributed by atoms with E-state index < -0.39 is 0 Å². The Morgan fingerprint density at radius 1 is 1.41 bits per heavy atom. The molecule has 120 valence electrons. The number of fused-ring (bicyclic) bond motifs is 2. The van der Waals surface area contributed by atoms with E-state index in [1.807, 2.05) is 30.0 Å². The molecule has 2 aliphatic heterocycles. The van der Waals surface area contributed by atoms with Gasteiger partial charge in [0.25, 0.3) is 0 Å². The van der Waals surface area contributed by atoms with Crippen LogP contribution in [0.1, 0.15) is 19.3 Å². The lowest BCUT2D eigenvalue weighted by molar-refractivity contribution is 0.190. The van der Waals surface area contributed by atoms with Crippen molar-refractivity contribution in [3.05, 3.63) is 16.7 Å². The number of amides is 2. The highest BCUT2D eigenvalue weighted by Crippen LogP contribution is 2.30. The van der Waals surface area contributed by atoms with E-state index in [9.17, 15) is 4.79 Å². The van der Waals surface area contributed by atoms with Crippen molar-refractivity contribution in [2.75, 3.05) is 37.4 Å². The molecule has 2 unspecified atom stereocenters. The predicted octanol–water partition coefficient (Wildman–Crippen LogP) is 2.27. The summed E-state index contributed by atoms with van der Waals surface area (Å²) in [5.74, 6) is 0.591. The van der Waals surface area contributed by atoms with Gasteiger partial charge in [-0.15, -0.1) is 0 Å². The average molecular weight is 368 g/mol. The normalized spacial score (nSPS) is 24.0. The van der Waals surface area contributed by atoms with Gasteiger partial charge in [0.05, 0.1) is 10.2 Å². The number of urea groups is 1. The van der Waals surface area contributed by atoms with Crippen molar-refractivity contribution in [3.8, 4) is 0 Å². The topological polar surface area (TPSA) is 60.5 Å². The van der Waals surface area contributed by atoms with Crippen molar-refractivity contribution in [3.63, 3.8) is 0 Å². The highest BCUT2D eigenvalue weighted by Gasteiger charge is 2.38. The zero-order valence-corrected chi connectivity index (χ0v) is 14.6. The fourth-order valence-electron chi connectivity index (χ4n) is 3.33. The van der Waals surface area contributed by atoms with Gasteiger partial charge in [-0.2, -0.15) is 0 Å². The second-order valence-corrected chi connectivity index (χ2v) is 6.98. The molecule has 2 aliphatic rings. The van der Waals surface area contributed by atoms with Crippen LogP contribution < -0.4 is 15.5 Å². The highest BCUT2D eigenvalue weighted by molar-refractivity contribution is 9.10. The van der Waals surface area contributed by atoms with Gasteiger partial charge >= 0.3 is 6.03 Å². The average Bonchev–Trinajstić information content (AvgIpc) is 2.74. The largest absolute Gasteiger partial charge is 0.377 e. The third-order valence-corrected chi connectivity index (χ3v) is 5.05. The van der Waals surface area contributed by atoms with Crippen molar-refractivity contribution in [2.45, 2.75) is 31.3 Å². The molecule has 1 aromatic rings. The van der Waals surface area contributed by atoms with E-state index in [-0.39, 0.29) is 6.03 Å². The smallest absolute Gasteiger partial charge is 0.323 e. The molecule has 0 radical (unpaired) electrons. The zero-order chi connectivity index (χ0) is 15.7. The third kappa shape index (κ3) is 3.05. The van der Waals surface area contributed by atoms with Crippen LogP contribution in [-0.2, 0) is 0 Å². The number of halogens is 1. The summed E-state index contributed by atoms with van der Waals surface area (Å²) in [5, 5.41) is 6.37. The molecule has 2 amide bonds. The van der Waals surface area contributed by atoms with Gasteiger partial charge in [0.1, 0.15) is 5.82 Å². The van der Waals surface area contributed by atoms with Crippen molar-refractivity contribution in [2.24, 2.45) is 0 Å². The number of rotatable bonds is 2. The Morgan fingerprint density at radius 2 is 2.18 bits per heavy atom.